The van der Waals surface area contributed by atoms with Crippen molar-refractivity contribution in [3.8, 4) is 0 Å². The number of hydrogen-bond acceptors (Lipinski definition) is 4. The van der Waals surface area contributed by atoms with Gasteiger partial charge in [0.25, 0.3) is 0 Å². The molecule has 0 radical (unpaired) electrons. The molecule has 0 unspecified atom stereocenters. The van der Waals surface area contributed by atoms with Gasteiger partial charge in [0.05, 0.1) is 10.6 Å². The van der Waals surface area contributed by atoms with Gasteiger partial charge in [0.2, 0.25) is 15.9 Å². The Labute approximate surface area is 159 Å². The predicted octanol–water partition coefficient (Wildman–Crippen LogP) is 2.82. The van der Waals surface area contributed by atoms with Gasteiger partial charge in [-0.3, -0.25) is 4.79 Å². The van der Waals surface area contributed by atoms with Crippen LogP contribution in [0.5, 0.6) is 0 Å². The highest BCUT2D eigenvalue weighted by Crippen LogP contribution is 2.23. The van der Waals surface area contributed by atoms with Crippen LogP contribution < -0.4 is 0 Å². The van der Waals surface area contributed by atoms with Crippen LogP contribution in [0, 0.1) is 0 Å². The molecule has 0 aliphatic carbocycles. The molecule has 0 atom stereocenters. The van der Waals surface area contributed by atoms with Gasteiger partial charge in [-0.05, 0) is 35.1 Å². The van der Waals surface area contributed by atoms with Crippen molar-refractivity contribution in [2.75, 3.05) is 37.7 Å². The van der Waals surface area contributed by atoms with Crippen LogP contribution in [0.25, 0.3) is 10.8 Å². The van der Waals surface area contributed by atoms with Crippen molar-refractivity contribution in [3.05, 3.63) is 42.5 Å². The van der Waals surface area contributed by atoms with Gasteiger partial charge in [-0.25, -0.2) is 8.42 Å². The summed E-state index contributed by atoms with van der Waals surface area (Å²) in [5.41, 5.74) is 0. The molecule has 0 bridgehead atoms. The zero-order valence-electron chi connectivity index (χ0n) is 14.9. The van der Waals surface area contributed by atoms with E-state index >= 15 is 0 Å². The zero-order chi connectivity index (χ0) is 18.6. The van der Waals surface area contributed by atoms with E-state index in [0.29, 0.717) is 36.8 Å². The van der Waals surface area contributed by atoms with Crippen LogP contribution in [0.3, 0.4) is 0 Å². The lowest BCUT2D eigenvalue weighted by Crippen LogP contribution is -2.51. The highest BCUT2D eigenvalue weighted by atomic mass is 32.2. The topological polar surface area (TPSA) is 57.7 Å². The molecule has 0 N–H and O–H groups in total. The number of carbonyl (C=O) groups excluding carboxylic acids is 1. The highest BCUT2D eigenvalue weighted by Gasteiger charge is 2.30. The van der Waals surface area contributed by atoms with Crippen molar-refractivity contribution >= 4 is 38.5 Å². The van der Waals surface area contributed by atoms with Crippen LogP contribution in [-0.4, -0.2) is 61.2 Å². The number of nitrogens with zero attached hydrogens (tertiary/aromatic N) is 2. The number of hydrogen-bond donors (Lipinski definition) is 0. The van der Waals surface area contributed by atoms with Crippen LogP contribution in [0.2, 0.25) is 0 Å². The molecule has 1 fully saturated rings. The summed E-state index contributed by atoms with van der Waals surface area (Å²) in [6, 6.07) is 12.9. The number of thioether (sulfide) groups is 1. The van der Waals surface area contributed by atoms with Crippen molar-refractivity contribution < 1.29 is 13.2 Å². The molecule has 0 saturated carbocycles. The Bertz CT molecular complexity index is 875. The van der Waals surface area contributed by atoms with Crippen molar-refractivity contribution in [1.29, 1.82) is 0 Å². The summed E-state index contributed by atoms with van der Waals surface area (Å²) in [5.74, 6) is 1.55. The second-order valence-corrected chi connectivity index (χ2v) is 9.39. The quantitative estimate of drug-likeness (QED) is 0.710. The summed E-state index contributed by atoms with van der Waals surface area (Å²) in [6.45, 7) is 3.70. The second kappa shape index (κ2) is 8.41. The number of sulfonamides is 1. The molecule has 1 amide bonds. The van der Waals surface area contributed by atoms with Gasteiger partial charge in [0.1, 0.15) is 0 Å². The molecule has 1 aliphatic heterocycles. The van der Waals surface area contributed by atoms with Crippen LogP contribution >= 0.6 is 11.8 Å². The monoisotopic (exact) mass is 392 g/mol. The van der Waals surface area contributed by atoms with Gasteiger partial charge in [-0.15, -0.1) is 0 Å². The lowest BCUT2D eigenvalue weighted by Gasteiger charge is -2.34. The molecule has 5 nitrogen and oxygen atoms in total. The fourth-order valence-electron chi connectivity index (χ4n) is 3.05. The first-order chi connectivity index (χ1) is 12.5. The van der Waals surface area contributed by atoms with E-state index in [4.69, 9.17) is 0 Å². The second-order valence-electron chi connectivity index (χ2n) is 6.35. The molecule has 1 heterocycles. The third-order valence-electron chi connectivity index (χ3n) is 4.52. The highest BCUT2D eigenvalue weighted by molar-refractivity contribution is 7.99. The maximum absolute atomic E-state index is 12.9. The Hall–Kier alpha value is -1.57. The number of fused-ring (bicyclic) bond motifs is 1. The van der Waals surface area contributed by atoms with E-state index in [1.165, 1.54) is 4.31 Å². The third-order valence-corrected chi connectivity index (χ3v) is 7.57. The minimum absolute atomic E-state index is 0.103. The van der Waals surface area contributed by atoms with Gasteiger partial charge in [0.15, 0.2) is 0 Å². The van der Waals surface area contributed by atoms with E-state index in [-0.39, 0.29) is 5.91 Å². The minimum Gasteiger partial charge on any atom is -0.339 e. The number of amides is 1. The zero-order valence-corrected chi connectivity index (χ0v) is 16.6. The lowest BCUT2D eigenvalue weighted by molar-refractivity contribution is -0.129. The van der Waals surface area contributed by atoms with Gasteiger partial charge in [0, 0.05) is 26.2 Å². The maximum atomic E-state index is 12.9. The Morgan fingerprint density at radius 1 is 1.04 bits per heavy atom. The summed E-state index contributed by atoms with van der Waals surface area (Å²) in [4.78, 5) is 14.3. The van der Waals surface area contributed by atoms with E-state index in [1.54, 1.807) is 28.8 Å². The van der Waals surface area contributed by atoms with Crippen LogP contribution in [-0.2, 0) is 14.8 Å². The molecule has 0 spiro atoms. The maximum Gasteiger partial charge on any atom is 0.243 e. The number of carbonyl (C=O) groups is 1. The number of rotatable bonds is 6. The molecule has 140 valence electrons. The first-order valence-electron chi connectivity index (χ1n) is 8.87. The van der Waals surface area contributed by atoms with E-state index in [2.05, 4.69) is 6.92 Å². The first-order valence-corrected chi connectivity index (χ1v) is 11.5. The predicted molar refractivity (Wildman–Crippen MR) is 107 cm³/mol. The third kappa shape index (κ3) is 4.22. The molecular weight excluding hydrogens is 368 g/mol. The minimum atomic E-state index is -3.53. The molecular formula is C19H24N2O3S2. The van der Waals surface area contributed by atoms with Gasteiger partial charge >= 0.3 is 0 Å². The van der Waals surface area contributed by atoms with Crippen molar-refractivity contribution in [2.24, 2.45) is 0 Å². The van der Waals surface area contributed by atoms with Gasteiger partial charge in [-0.1, -0.05) is 37.3 Å². The number of piperazine rings is 1. The van der Waals surface area contributed by atoms with E-state index in [1.807, 2.05) is 30.3 Å². The average Bonchev–Trinajstić information content (AvgIpc) is 2.67. The van der Waals surface area contributed by atoms with E-state index in [9.17, 15) is 13.2 Å². The van der Waals surface area contributed by atoms with Crippen LogP contribution in [0.15, 0.2) is 47.4 Å². The Kier molecular flexibility index (Phi) is 6.21. The smallest absolute Gasteiger partial charge is 0.243 e. The summed E-state index contributed by atoms with van der Waals surface area (Å²) < 4.78 is 27.4. The van der Waals surface area contributed by atoms with Crippen LogP contribution in [0.4, 0.5) is 0 Å². The average molecular weight is 393 g/mol. The Morgan fingerprint density at radius 3 is 2.42 bits per heavy atom. The SMILES string of the molecule is CCCSCC(=O)N1CCN(S(=O)(=O)c2ccc3ccccc3c2)CC1. The molecule has 3 rings (SSSR count). The molecule has 26 heavy (non-hydrogen) atoms. The Morgan fingerprint density at radius 2 is 1.73 bits per heavy atom. The molecule has 7 heteroatoms. The fourth-order valence-corrected chi connectivity index (χ4v) is 5.30. The van der Waals surface area contributed by atoms with Crippen LogP contribution in [0.1, 0.15) is 13.3 Å². The molecule has 1 aliphatic rings. The molecule has 0 aromatic heterocycles. The lowest BCUT2D eigenvalue weighted by atomic mass is 10.1. The molecule has 2 aromatic carbocycles. The summed E-state index contributed by atoms with van der Waals surface area (Å²) in [6.07, 6.45) is 1.05. The van der Waals surface area contributed by atoms with Gasteiger partial charge < -0.3 is 4.90 Å². The van der Waals surface area contributed by atoms with Crippen molar-refractivity contribution in [3.63, 3.8) is 0 Å². The summed E-state index contributed by atoms with van der Waals surface area (Å²) in [7, 11) is -3.53. The standard InChI is InChI=1S/C19H24N2O3S2/c1-2-13-25-15-19(22)20-9-11-21(12-10-20)26(23,24)18-8-7-16-5-3-4-6-17(16)14-18/h3-8,14H,2,9-13,15H2,1H3. The fraction of sp³-hybridized carbons (Fsp3) is 0.421. The van der Waals surface area contributed by atoms with E-state index in [0.717, 1.165) is 22.9 Å². The van der Waals surface area contributed by atoms with E-state index < -0.39 is 10.0 Å². The molecule has 1 saturated heterocycles. The summed E-state index contributed by atoms with van der Waals surface area (Å²) in [5, 5.41) is 1.93. The van der Waals surface area contributed by atoms with Crippen molar-refractivity contribution in [1.82, 2.24) is 9.21 Å². The Balaban J connectivity index is 1.66. The molecule has 2 aromatic rings. The largest absolute Gasteiger partial charge is 0.339 e. The number of benzene rings is 2. The van der Waals surface area contributed by atoms with Crippen molar-refractivity contribution in [2.45, 2.75) is 18.2 Å². The summed E-state index contributed by atoms with van der Waals surface area (Å²) >= 11 is 1.64. The normalized spacial score (nSPS) is 16.1. The first kappa shape index (κ1) is 19.2. The van der Waals surface area contributed by atoms with Gasteiger partial charge in [-0.2, -0.15) is 16.1 Å².